The minimum atomic E-state index is 0.130. The second kappa shape index (κ2) is 6.72. The molecule has 3 nitrogen and oxygen atoms in total. The van der Waals surface area contributed by atoms with Crippen molar-refractivity contribution < 1.29 is 4.79 Å². The van der Waals surface area contributed by atoms with Crippen molar-refractivity contribution in [2.24, 2.45) is 5.92 Å². The van der Waals surface area contributed by atoms with Crippen LogP contribution in [-0.2, 0) is 11.2 Å². The third kappa shape index (κ3) is 3.61. The second-order valence-electron chi connectivity index (χ2n) is 5.81. The summed E-state index contributed by atoms with van der Waals surface area (Å²) in [4.78, 5) is 12.2. The fourth-order valence-corrected chi connectivity index (χ4v) is 3.03. The van der Waals surface area contributed by atoms with E-state index in [1.54, 1.807) is 0 Å². The minimum absolute atomic E-state index is 0.130. The first-order valence-corrected chi connectivity index (χ1v) is 7.77. The summed E-state index contributed by atoms with van der Waals surface area (Å²) in [6.45, 7) is 2.96. The Morgan fingerprint density at radius 3 is 2.71 bits per heavy atom. The summed E-state index contributed by atoms with van der Waals surface area (Å²) in [5.41, 5.74) is 1.11. The largest absolute Gasteiger partial charge is 0.356 e. The monoisotopic (exact) mass is 282 g/mol. The van der Waals surface area contributed by atoms with Crippen molar-refractivity contribution in [3.63, 3.8) is 0 Å². The number of amides is 1. The number of hydrogen-bond donors (Lipinski definition) is 2. The highest BCUT2D eigenvalue weighted by molar-refractivity contribution is 5.90. The van der Waals surface area contributed by atoms with Crippen LogP contribution in [0, 0.1) is 5.92 Å². The third-order valence-electron chi connectivity index (χ3n) is 4.28. The molecule has 2 aromatic rings. The molecule has 1 fully saturated rings. The maximum atomic E-state index is 12.2. The maximum Gasteiger partial charge on any atom is 0.224 e. The van der Waals surface area contributed by atoms with E-state index >= 15 is 0 Å². The van der Waals surface area contributed by atoms with E-state index in [0.717, 1.165) is 38.0 Å². The van der Waals surface area contributed by atoms with Crippen molar-refractivity contribution in [1.29, 1.82) is 0 Å². The fraction of sp³-hybridized carbons (Fsp3) is 0.389. The van der Waals surface area contributed by atoms with Crippen LogP contribution >= 0.6 is 0 Å². The van der Waals surface area contributed by atoms with Gasteiger partial charge in [0.15, 0.2) is 0 Å². The molecule has 2 N–H and O–H groups in total. The van der Waals surface area contributed by atoms with E-state index in [4.69, 9.17) is 0 Å². The second-order valence-corrected chi connectivity index (χ2v) is 5.81. The summed E-state index contributed by atoms with van der Waals surface area (Å²) in [7, 11) is 0. The Labute approximate surface area is 125 Å². The van der Waals surface area contributed by atoms with Crippen LogP contribution in [0.5, 0.6) is 0 Å². The summed E-state index contributed by atoms with van der Waals surface area (Å²) >= 11 is 0. The van der Waals surface area contributed by atoms with Crippen LogP contribution in [0.15, 0.2) is 42.5 Å². The van der Waals surface area contributed by atoms with Crippen LogP contribution in [0.2, 0.25) is 0 Å². The quantitative estimate of drug-likeness (QED) is 0.904. The van der Waals surface area contributed by atoms with E-state index in [2.05, 4.69) is 28.8 Å². The molecule has 1 saturated heterocycles. The van der Waals surface area contributed by atoms with E-state index in [-0.39, 0.29) is 5.91 Å². The lowest BCUT2D eigenvalue weighted by Gasteiger charge is -2.22. The number of benzene rings is 2. The molecular weight excluding hydrogens is 260 g/mol. The summed E-state index contributed by atoms with van der Waals surface area (Å²) in [5.74, 6) is 0.757. The highest BCUT2D eigenvalue weighted by atomic mass is 16.1. The van der Waals surface area contributed by atoms with Crippen LogP contribution in [-0.4, -0.2) is 25.5 Å². The number of hydrogen-bond acceptors (Lipinski definition) is 2. The normalized spacial score (nSPS) is 16.0. The molecule has 1 aliphatic heterocycles. The Morgan fingerprint density at radius 1 is 1.10 bits per heavy atom. The minimum Gasteiger partial charge on any atom is -0.356 e. The number of carbonyl (C=O) groups excluding carboxylic acids is 1. The van der Waals surface area contributed by atoms with Gasteiger partial charge in [-0.1, -0.05) is 42.5 Å². The molecule has 3 rings (SSSR count). The predicted octanol–water partition coefficient (Wildman–Crippen LogP) is 2.50. The summed E-state index contributed by atoms with van der Waals surface area (Å²) < 4.78 is 0. The van der Waals surface area contributed by atoms with Crippen molar-refractivity contribution in [1.82, 2.24) is 10.6 Å². The van der Waals surface area contributed by atoms with Crippen molar-refractivity contribution in [3.05, 3.63) is 48.0 Å². The zero-order chi connectivity index (χ0) is 14.5. The first kappa shape index (κ1) is 14.1. The van der Waals surface area contributed by atoms with Gasteiger partial charge in [0, 0.05) is 6.54 Å². The standard InChI is InChI=1S/C18H22N2O/c21-18(20-13-14-8-10-19-11-9-14)12-16-6-3-5-15-4-1-2-7-17(15)16/h1-7,14,19H,8-13H2,(H,20,21). The molecule has 0 aliphatic carbocycles. The molecule has 21 heavy (non-hydrogen) atoms. The van der Waals surface area contributed by atoms with Gasteiger partial charge in [-0.15, -0.1) is 0 Å². The van der Waals surface area contributed by atoms with Gasteiger partial charge in [0.1, 0.15) is 0 Å². The Balaban J connectivity index is 1.61. The van der Waals surface area contributed by atoms with E-state index < -0.39 is 0 Å². The maximum absolute atomic E-state index is 12.2. The van der Waals surface area contributed by atoms with Crippen molar-refractivity contribution >= 4 is 16.7 Å². The molecule has 0 saturated carbocycles. The molecule has 0 bridgehead atoms. The van der Waals surface area contributed by atoms with E-state index in [9.17, 15) is 4.79 Å². The molecular formula is C18H22N2O. The van der Waals surface area contributed by atoms with Gasteiger partial charge in [0.25, 0.3) is 0 Å². The molecule has 0 unspecified atom stereocenters. The van der Waals surface area contributed by atoms with Gasteiger partial charge in [-0.05, 0) is 48.2 Å². The van der Waals surface area contributed by atoms with Crippen molar-refractivity contribution in [3.8, 4) is 0 Å². The van der Waals surface area contributed by atoms with Gasteiger partial charge >= 0.3 is 0 Å². The van der Waals surface area contributed by atoms with Crippen LogP contribution in [0.3, 0.4) is 0 Å². The molecule has 2 aromatic carbocycles. The molecule has 3 heteroatoms. The molecule has 1 aliphatic rings. The zero-order valence-corrected chi connectivity index (χ0v) is 12.3. The zero-order valence-electron chi connectivity index (χ0n) is 12.3. The topological polar surface area (TPSA) is 41.1 Å². The Bertz CT molecular complexity index is 612. The van der Waals surface area contributed by atoms with Gasteiger partial charge in [0.2, 0.25) is 5.91 Å². The van der Waals surface area contributed by atoms with Gasteiger partial charge in [-0.2, -0.15) is 0 Å². The lowest BCUT2D eigenvalue weighted by molar-refractivity contribution is -0.120. The van der Waals surface area contributed by atoms with Crippen LogP contribution in [0.25, 0.3) is 10.8 Å². The summed E-state index contributed by atoms with van der Waals surface area (Å²) in [6, 6.07) is 14.4. The van der Waals surface area contributed by atoms with Crippen LogP contribution in [0.1, 0.15) is 18.4 Å². The molecule has 0 aromatic heterocycles. The average molecular weight is 282 g/mol. The van der Waals surface area contributed by atoms with Crippen molar-refractivity contribution in [2.75, 3.05) is 19.6 Å². The van der Waals surface area contributed by atoms with E-state index in [0.29, 0.717) is 12.3 Å². The third-order valence-corrected chi connectivity index (χ3v) is 4.28. The van der Waals surface area contributed by atoms with E-state index in [1.165, 1.54) is 10.8 Å². The van der Waals surface area contributed by atoms with Gasteiger partial charge in [-0.25, -0.2) is 0 Å². The summed E-state index contributed by atoms with van der Waals surface area (Å²) in [6.07, 6.45) is 2.79. The predicted molar refractivity (Wildman–Crippen MR) is 86.3 cm³/mol. The number of rotatable bonds is 4. The Hall–Kier alpha value is -1.87. The smallest absolute Gasteiger partial charge is 0.224 e. The number of nitrogens with one attached hydrogen (secondary N) is 2. The molecule has 0 atom stereocenters. The highest BCUT2D eigenvalue weighted by Crippen LogP contribution is 2.19. The molecule has 0 spiro atoms. The number of fused-ring (bicyclic) bond motifs is 1. The molecule has 0 radical (unpaired) electrons. The fourth-order valence-electron chi connectivity index (χ4n) is 3.03. The van der Waals surface area contributed by atoms with Gasteiger partial charge in [0.05, 0.1) is 6.42 Å². The first-order chi connectivity index (χ1) is 10.3. The van der Waals surface area contributed by atoms with E-state index in [1.807, 2.05) is 24.3 Å². The van der Waals surface area contributed by atoms with Crippen molar-refractivity contribution in [2.45, 2.75) is 19.3 Å². The first-order valence-electron chi connectivity index (χ1n) is 7.77. The Morgan fingerprint density at radius 2 is 1.86 bits per heavy atom. The number of carbonyl (C=O) groups is 1. The molecule has 1 heterocycles. The van der Waals surface area contributed by atoms with Gasteiger partial charge in [-0.3, -0.25) is 4.79 Å². The molecule has 110 valence electrons. The number of piperidine rings is 1. The van der Waals surface area contributed by atoms with Crippen LogP contribution in [0.4, 0.5) is 0 Å². The molecule has 1 amide bonds. The SMILES string of the molecule is O=C(Cc1cccc2ccccc12)NCC1CCNCC1. The lowest BCUT2D eigenvalue weighted by atomic mass is 9.98. The summed E-state index contributed by atoms with van der Waals surface area (Å²) in [5, 5.41) is 8.82. The average Bonchev–Trinajstić information content (AvgIpc) is 2.54. The highest BCUT2D eigenvalue weighted by Gasteiger charge is 2.14. The Kier molecular flexibility index (Phi) is 4.51. The van der Waals surface area contributed by atoms with Crippen LogP contribution < -0.4 is 10.6 Å². The lowest BCUT2D eigenvalue weighted by Crippen LogP contribution is -2.36. The van der Waals surface area contributed by atoms with Gasteiger partial charge < -0.3 is 10.6 Å².